The standard InChI is InChI=1S/C38H32ClN9O2/c1-22-25(27-9-5-10-28(33(27)39)44-37(49)36-43-31-21-46(2)15-12-32(31)47(36)3)7-4-8-26(22)38-45-30-18-23(17-24(19-40)34(30)50-38)20-42-29-11-6-14-48-16-13-41-35(29)48/h4-11,13-14,16-18,42H,12,15,20-21H2,1-3H3,(H,44,49). The van der Waals surface area contributed by atoms with Crippen LogP contribution in [0.2, 0.25) is 5.02 Å². The average Bonchev–Trinajstić information content (AvgIpc) is 3.85. The zero-order valence-electron chi connectivity index (χ0n) is 27.7. The van der Waals surface area contributed by atoms with Gasteiger partial charge in [-0.3, -0.25) is 4.79 Å². The van der Waals surface area contributed by atoms with Crippen molar-refractivity contribution in [3.05, 3.63) is 118 Å². The fourth-order valence-electron chi connectivity index (χ4n) is 6.71. The minimum absolute atomic E-state index is 0.318. The fourth-order valence-corrected chi connectivity index (χ4v) is 6.99. The topological polar surface area (TPSA) is 129 Å². The molecular weight excluding hydrogens is 650 g/mol. The van der Waals surface area contributed by atoms with Gasteiger partial charge in [0.25, 0.3) is 5.91 Å². The Labute approximate surface area is 292 Å². The Hall–Kier alpha value is -5.96. The Morgan fingerprint density at radius 3 is 2.68 bits per heavy atom. The van der Waals surface area contributed by atoms with E-state index in [1.807, 2.05) is 97.0 Å². The van der Waals surface area contributed by atoms with E-state index < -0.39 is 0 Å². The number of nitrogens with zero attached hydrogens (tertiary/aromatic N) is 7. The van der Waals surface area contributed by atoms with Crippen molar-refractivity contribution in [2.45, 2.75) is 26.4 Å². The normalized spacial score (nSPS) is 13.0. The van der Waals surface area contributed by atoms with E-state index in [0.29, 0.717) is 52.2 Å². The lowest BCUT2D eigenvalue weighted by Crippen LogP contribution is -2.27. The highest BCUT2D eigenvalue weighted by atomic mass is 35.5. The first-order valence-electron chi connectivity index (χ1n) is 16.2. The first-order valence-corrected chi connectivity index (χ1v) is 16.6. The summed E-state index contributed by atoms with van der Waals surface area (Å²) in [5.41, 5.74) is 9.77. The summed E-state index contributed by atoms with van der Waals surface area (Å²) in [7, 11) is 3.93. The quantitative estimate of drug-likeness (QED) is 0.180. The Morgan fingerprint density at radius 2 is 1.82 bits per heavy atom. The van der Waals surface area contributed by atoms with Crippen molar-refractivity contribution in [2.75, 3.05) is 24.2 Å². The SMILES string of the molecule is Cc1c(-c2nc3cc(CNc4cccn5ccnc45)cc(C#N)c3o2)cccc1-c1cccc(NC(=O)c2nc3c(n2C)CCN(C)C3)c1Cl. The number of imidazole rings is 2. The van der Waals surface area contributed by atoms with Crippen molar-refractivity contribution in [3.8, 4) is 28.7 Å². The van der Waals surface area contributed by atoms with Crippen LogP contribution in [0.3, 0.4) is 0 Å². The number of halogens is 1. The summed E-state index contributed by atoms with van der Waals surface area (Å²) in [6.07, 6.45) is 6.43. The summed E-state index contributed by atoms with van der Waals surface area (Å²) in [4.78, 5) is 29.6. The maximum atomic E-state index is 13.4. The molecule has 0 unspecified atom stereocenters. The highest BCUT2D eigenvalue weighted by Crippen LogP contribution is 2.39. The summed E-state index contributed by atoms with van der Waals surface area (Å²) in [5, 5.41) is 16.9. The van der Waals surface area contributed by atoms with Gasteiger partial charge in [0.15, 0.2) is 17.1 Å². The van der Waals surface area contributed by atoms with E-state index in [2.05, 4.69) is 31.6 Å². The van der Waals surface area contributed by atoms with Crippen LogP contribution in [0.5, 0.6) is 0 Å². The molecule has 7 aromatic rings. The summed E-state index contributed by atoms with van der Waals surface area (Å²) >= 11 is 6.99. The Bertz CT molecular complexity index is 2500. The number of likely N-dealkylation sites (N-methyl/N-ethyl adjacent to an activating group) is 1. The molecular formula is C38H32ClN9O2. The van der Waals surface area contributed by atoms with Crippen molar-refractivity contribution in [3.63, 3.8) is 0 Å². The van der Waals surface area contributed by atoms with Crippen LogP contribution in [0, 0.1) is 18.3 Å². The highest BCUT2D eigenvalue weighted by molar-refractivity contribution is 6.36. The van der Waals surface area contributed by atoms with Gasteiger partial charge in [-0.2, -0.15) is 5.26 Å². The number of benzene rings is 3. The number of carbonyl (C=O) groups excluding carboxylic acids is 1. The highest BCUT2D eigenvalue weighted by Gasteiger charge is 2.25. The second-order valence-electron chi connectivity index (χ2n) is 12.5. The number of nitriles is 1. The van der Waals surface area contributed by atoms with E-state index in [1.165, 1.54) is 0 Å². The lowest BCUT2D eigenvalue weighted by Gasteiger charge is -2.21. The van der Waals surface area contributed by atoms with Crippen molar-refractivity contribution < 1.29 is 9.21 Å². The van der Waals surface area contributed by atoms with Crippen LogP contribution in [0.25, 0.3) is 39.3 Å². The molecule has 1 aliphatic rings. The summed E-state index contributed by atoms with van der Waals surface area (Å²) in [6.45, 7) is 4.08. The van der Waals surface area contributed by atoms with Gasteiger partial charge in [-0.15, -0.1) is 0 Å². The molecule has 8 rings (SSSR count). The zero-order chi connectivity index (χ0) is 34.5. The lowest BCUT2D eigenvalue weighted by molar-refractivity contribution is 0.101. The van der Waals surface area contributed by atoms with E-state index in [-0.39, 0.29) is 5.91 Å². The summed E-state index contributed by atoms with van der Waals surface area (Å²) in [6, 6.07) is 21.3. The number of fused-ring (bicyclic) bond motifs is 3. The minimum atomic E-state index is -0.318. The van der Waals surface area contributed by atoms with Gasteiger partial charge in [0, 0.05) is 68.5 Å². The maximum Gasteiger partial charge on any atom is 0.291 e. The van der Waals surface area contributed by atoms with Gasteiger partial charge in [0.2, 0.25) is 5.89 Å². The average molecular weight is 682 g/mol. The van der Waals surface area contributed by atoms with Crippen LogP contribution in [0.4, 0.5) is 11.4 Å². The number of anilines is 2. The Kier molecular flexibility index (Phi) is 7.82. The van der Waals surface area contributed by atoms with E-state index >= 15 is 0 Å². The number of oxazole rings is 1. The van der Waals surface area contributed by atoms with Gasteiger partial charge in [-0.25, -0.2) is 15.0 Å². The first kappa shape index (κ1) is 31.3. The second-order valence-corrected chi connectivity index (χ2v) is 12.9. The van der Waals surface area contributed by atoms with Crippen LogP contribution < -0.4 is 10.6 Å². The van der Waals surface area contributed by atoms with Crippen LogP contribution >= 0.6 is 11.6 Å². The van der Waals surface area contributed by atoms with E-state index in [0.717, 1.165) is 63.5 Å². The molecule has 0 radical (unpaired) electrons. The molecule has 12 heteroatoms. The Morgan fingerprint density at radius 1 is 1.02 bits per heavy atom. The number of pyridine rings is 1. The van der Waals surface area contributed by atoms with Gasteiger partial charge in [0.05, 0.1) is 27.7 Å². The maximum absolute atomic E-state index is 13.4. The molecule has 0 spiro atoms. The monoisotopic (exact) mass is 681 g/mol. The third-order valence-corrected chi connectivity index (χ3v) is 9.73. The number of carbonyl (C=O) groups is 1. The van der Waals surface area contributed by atoms with Gasteiger partial charge >= 0.3 is 0 Å². The molecule has 50 heavy (non-hydrogen) atoms. The van der Waals surface area contributed by atoms with Crippen molar-refractivity contribution in [1.82, 2.24) is 28.8 Å². The van der Waals surface area contributed by atoms with E-state index in [9.17, 15) is 10.1 Å². The van der Waals surface area contributed by atoms with Gasteiger partial charge < -0.3 is 28.9 Å². The summed E-state index contributed by atoms with van der Waals surface area (Å²) in [5.74, 6) is 0.432. The molecule has 4 aromatic heterocycles. The van der Waals surface area contributed by atoms with Crippen LogP contribution in [-0.4, -0.2) is 48.3 Å². The first-order chi connectivity index (χ1) is 24.3. The van der Waals surface area contributed by atoms with Crippen LogP contribution in [0.15, 0.2) is 83.7 Å². The van der Waals surface area contributed by atoms with Crippen LogP contribution in [-0.2, 0) is 26.6 Å². The number of hydrogen-bond donors (Lipinski definition) is 2. The van der Waals surface area contributed by atoms with E-state index in [1.54, 1.807) is 12.3 Å². The molecule has 0 fully saturated rings. The number of rotatable bonds is 7. The molecule has 1 aliphatic heterocycles. The molecule has 5 heterocycles. The van der Waals surface area contributed by atoms with Gasteiger partial charge in [-0.1, -0.05) is 35.9 Å². The second kappa shape index (κ2) is 12.5. The molecule has 3 aromatic carbocycles. The predicted molar refractivity (Wildman–Crippen MR) is 193 cm³/mol. The summed E-state index contributed by atoms with van der Waals surface area (Å²) < 4.78 is 10.1. The number of hydrogen-bond acceptors (Lipinski definition) is 8. The van der Waals surface area contributed by atoms with Crippen molar-refractivity contribution in [2.24, 2.45) is 7.05 Å². The largest absolute Gasteiger partial charge is 0.435 e. The third-order valence-electron chi connectivity index (χ3n) is 9.32. The molecule has 0 saturated carbocycles. The smallest absolute Gasteiger partial charge is 0.291 e. The molecule has 2 N–H and O–H groups in total. The van der Waals surface area contributed by atoms with Crippen molar-refractivity contribution in [1.29, 1.82) is 5.26 Å². The van der Waals surface area contributed by atoms with E-state index in [4.69, 9.17) is 21.0 Å². The molecule has 0 saturated heterocycles. The molecule has 0 bridgehead atoms. The number of amides is 1. The van der Waals surface area contributed by atoms with Gasteiger partial charge in [0.1, 0.15) is 11.6 Å². The lowest BCUT2D eigenvalue weighted by atomic mass is 9.96. The number of nitrogens with one attached hydrogen (secondary N) is 2. The Balaban J connectivity index is 1.08. The van der Waals surface area contributed by atoms with Gasteiger partial charge in [-0.05, 0) is 67.1 Å². The van der Waals surface area contributed by atoms with Crippen LogP contribution in [0.1, 0.15) is 38.7 Å². The molecule has 11 nitrogen and oxygen atoms in total. The number of aromatic nitrogens is 5. The molecule has 0 aliphatic carbocycles. The minimum Gasteiger partial charge on any atom is -0.435 e. The third kappa shape index (κ3) is 5.44. The fraction of sp³-hybridized carbons (Fsp3) is 0.184. The van der Waals surface area contributed by atoms with Crippen molar-refractivity contribution >= 4 is 45.6 Å². The molecule has 0 atom stereocenters. The predicted octanol–water partition coefficient (Wildman–Crippen LogP) is 7.23. The molecule has 1 amide bonds. The molecule has 248 valence electrons. The zero-order valence-corrected chi connectivity index (χ0v) is 28.4.